The number of rotatable bonds is 71. The summed E-state index contributed by atoms with van der Waals surface area (Å²) >= 11 is 0. The molecule has 0 saturated carbocycles. The van der Waals surface area contributed by atoms with Gasteiger partial charge in [-0.3, -0.25) is 14.4 Å². The second-order valence-electron chi connectivity index (χ2n) is 25.9. The minimum absolute atomic E-state index is 0.0662. The van der Waals surface area contributed by atoms with E-state index in [1.165, 1.54) is 327 Å². The van der Waals surface area contributed by atoms with E-state index >= 15 is 0 Å². The number of hydrogen-bond donors (Lipinski definition) is 0. The molecule has 0 aromatic heterocycles. The lowest BCUT2D eigenvalue weighted by atomic mass is 10.0. The molecule has 6 heteroatoms. The van der Waals surface area contributed by atoms with Crippen molar-refractivity contribution >= 4 is 17.9 Å². The van der Waals surface area contributed by atoms with Gasteiger partial charge < -0.3 is 14.2 Å². The van der Waals surface area contributed by atoms with E-state index in [1.807, 2.05) is 0 Å². The van der Waals surface area contributed by atoms with E-state index in [2.05, 4.69) is 45.1 Å². The van der Waals surface area contributed by atoms with Gasteiger partial charge in [-0.05, 0) is 51.4 Å². The van der Waals surface area contributed by atoms with Crippen molar-refractivity contribution in [3.8, 4) is 0 Å². The van der Waals surface area contributed by atoms with Crippen molar-refractivity contribution in [3.63, 3.8) is 0 Å². The summed E-state index contributed by atoms with van der Waals surface area (Å²) in [5.74, 6) is -0.834. The van der Waals surface area contributed by atoms with Crippen LogP contribution in [0.1, 0.15) is 432 Å². The minimum Gasteiger partial charge on any atom is -0.462 e. The molecular weight excluding hydrogens is 1020 g/mol. The van der Waals surface area contributed by atoms with Crippen LogP contribution in [-0.4, -0.2) is 37.2 Å². The SMILES string of the molecule is CCCCC/C=C\C/C=C\CCCCCCCCCCCC(=O)OC(COC(=O)CCCCCCCCCCCCCCCCCC)COC(=O)CCCCCCCCCCCCCCCCCCCCCCCCCCCCCCCC. The molecule has 0 aliphatic rings. The van der Waals surface area contributed by atoms with Gasteiger partial charge in [-0.1, -0.05) is 385 Å². The highest BCUT2D eigenvalue weighted by Gasteiger charge is 2.20. The van der Waals surface area contributed by atoms with Crippen LogP contribution in [0.5, 0.6) is 0 Å². The van der Waals surface area contributed by atoms with Gasteiger partial charge in [-0.2, -0.15) is 0 Å². The third-order valence-electron chi connectivity index (χ3n) is 17.5. The van der Waals surface area contributed by atoms with Gasteiger partial charge in [0.2, 0.25) is 0 Å². The monoisotopic (exact) mass is 1170 g/mol. The van der Waals surface area contributed by atoms with Gasteiger partial charge in [0, 0.05) is 19.3 Å². The van der Waals surface area contributed by atoms with E-state index in [9.17, 15) is 14.4 Å². The van der Waals surface area contributed by atoms with Gasteiger partial charge in [0.05, 0.1) is 0 Å². The molecule has 1 atom stereocenters. The first-order valence-corrected chi connectivity index (χ1v) is 37.8. The number of hydrogen-bond acceptors (Lipinski definition) is 6. The molecule has 0 spiro atoms. The predicted molar refractivity (Wildman–Crippen MR) is 363 cm³/mol. The van der Waals surface area contributed by atoms with Crippen molar-refractivity contribution in [2.45, 2.75) is 438 Å². The molecule has 0 aliphatic carbocycles. The fourth-order valence-electron chi connectivity index (χ4n) is 11.8. The van der Waals surface area contributed by atoms with Gasteiger partial charge >= 0.3 is 17.9 Å². The fraction of sp³-hybridized carbons (Fsp3) is 0.909. The molecule has 0 saturated heterocycles. The maximum Gasteiger partial charge on any atom is 0.306 e. The molecule has 0 heterocycles. The Hall–Kier alpha value is -2.11. The smallest absolute Gasteiger partial charge is 0.306 e. The second-order valence-corrected chi connectivity index (χ2v) is 25.9. The summed E-state index contributed by atoms with van der Waals surface area (Å²) < 4.78 is 17.0. The number of ether oxygens (including phenoxy) is 3. The Bertz CT molecular complexity index is 1340. The van der Waals surface area contributed by atoms with Crippen LogP contribution in [0.3, 0.4) is 0 Å². The summed E-state index contributed by atoms with van der Waals surface area (Å²) in [6.07, 6.45) is 89.4. The number of carbonyl (C=O) groups is 3. The van der Waals surface area contributed by atoms with E-state index < -0.39 is 6.10 Å². The third-order valence-corrected chi connectivity index (χ3v) is 17.5. The number of carbonyl (C=O) groups excluding carboxylic acids is 3. The summed E-state index contributed by atoms with van der Waals surface area (Å²) in [6, 6.07) is 0. The highest BCUT2D eigenvalue weighted by atomic mass is 16.6. The van der Waals surface area contributed by atoms with E-state index in [0.717, 1.165) is 64.2 Å². The van der Waals surface area contributed by atoms with Crippen LogP contribution in [-0.2, 0) is 28.6 Å². The zero-order valence-corrected chi connectivity index (χ0v) is 56.5. The third kappa shape index (κ3) is 70.5. The molecule has 0 radical (unpaired) electrons. The maximum absolute atomic E-state index is 13.0. The molecule has 490 valence electrons. The molecule has 6 nitrogen and oxygen atoms in total. The Labute approximate surface area is 519 Å². The van der Waals surface area contributed by atoms with Crippen LogP contribution in [0.2, 0.25) is 0 Å². The zero-order valence-electron chi connectivity index (χ0n) is 56.5. The lowest BCUT2D eigenvalue weighted by Gasteiger charge is -2.18. The summed E-state index contributed by atoms with van der Waals surface area (Å²) in [4.78, 5) is 38.5. The van der Waals surface area contributed by atoms with Crippen molar-refractivity contribution < 1.29 is 28.6 Å². The Morgan fingerprint density at radius 3 is 0.687 bits per heavy atom. The highest BCUT2D eigenvalue weighted by Crippen LogP contribution is 2.20. The van der Waals surface area contributed by atoms with E-state index in [1.54, 1.807) is 0 Å². The molecule has 0 aromatic carbocycles. The number of allylic oxidation sites excluding steroid dienone is 4. The summed E-state index contributed by atoms with van der Waals surface area (Å²) in [6.45, 7) is 6.71. The standard InChI is InChI=1S/C77H146O6/c1-4-7-10-13-16-19-22-25-28-31-33-34-35-36-37-38-39-40-41-42-43-45-46-49-52-55-58-61-64-67-70-76(79)82-73-74(72-81-75(78)69-66-63-60-57-54-51-48-30-27-24-21-18-15-12-9-6-3)83-77(80)71-68-65-62-59-56-53-50-47-44-32-29-26-23-20-17-14-11-8-5-2/h17,20,26,29,74H,4-16,18-19,21-25,27-28,30-73H2,1-3H3/b20-17-,29-26-. The van der Waals surface area contributed by atoms with Crippen molar-refractivity contribution in [1.29, 1.82) is 0 Å². The Morgan fingerprint density at radius 2 is 0.434 bits per heavy atom. The maximum atomic E-state index is 13.0. The van der Waals surface area contributed by atoms with E-state index in [0.29, 0.717) is 19.3 Å². The van der Waals surface area contributed by atoms with Crippen LogP contribution in [0.15, 0.2) is 24.3 Å². The van der Waals surface area contributed by atoms with Crippen LogP contribution in [0.4, 0.5) is 0 Å². The summed E-state index contributed by atoms with van der Waals surface area (Å²) in [5, 5.41) is 0. The first-order chi connectivity index (χ1) is 41.0. The summed E-state index contributed by atoms with van der Waals surface area (Å²) in [5.41, 5.74) is 0. The van der Waals surface area contributed by atoms with Crippen molar-refractivity contribution in [1.82, 2.24) is 0 Å². The lowest BCUT2D eigenvalue weighted by Crippen LogP contribution is -2.30. The predicted octanol–water partition coefficient (Wildman–Crippen LogP) is 26.1. The molecule has 83 heavy (non-hydrogen) atoms. The van der Waals surface area contributed by atoms with Crippen molar-refractivity contribution in [2.24, 2.45) is 0 Å². The van der Waals surface area contributed by atoms with E-state index in [4.69, 9.17) is 14.2 Å². The minimum atomic E-state index is -0.771. The first kappa shape index (κ1) is 80.9. The topological polar surface area (TPSA) is 78.9 Å². The number of unbranched alkanes of at least 4 members (excludes halogenated alkanes) is 56. The Morgan fingerprint density at radius 1 is 0.241 bits per heavy atom. The molecule has 0 rings (SSSR count). The fourth-order valence-corrected chi connectivity index (χ4v) is 11.8. The van der Waals surface area contributed by atoms with Crippen LogP contribution < -0.4 is 0 Å². The van der Waals surface area contributed by atoms with Gasteiger partial charge in [-0.15, -0.1) is 0 Å². The average molecular weight is 1170 g/mol. The van der Waals surface area contributed by atoms with Crippen molar-refractivity contribution in [3.05, 3.63) is 24.3 Å². The Kier molecular flexibility index (Phi) is 70.5. The lowest BCUT2D eigenvalue weighted by molar-refractivity contribution is -0.167. The van der Waals surface area contributed by atoms with Crippen molar-refractivity contribution in [2.75, 3.05) is 13.2 Å². The largest absolute Gasteiger partial charge is 0.462 e. The Balaban J connectivity index is 4.18. The molecule has 0 fully saturated rings. The molecule has 0 N–H and O–H groups in total. The normalized spacial score (nSPS) is 12.1. The molecule has 0 bridgehead atoms. The summed E-state index contributed by atoms with van der Waals surface area (Å²) in [7, 11) is 0. The van der Waals surface area contributed by atoms with Gasteiger partial charge in [0.1, 0.15) is 13.2 Å². The van der Waals surface area contributed by atoms with Gasteiger partial charge in [0.15, 0.2) is 6.10 Å². The van der Waals surface area contributed by atoms with Crippen LogP contribution in [0, 0.1) is 0 Å². The van der Waals surface area contributed by atoms with E-state index in [-0.39, 0.29) is 31.1 Å². The van der Waals surface area contributed by atoms with Crippen LogP contribution in [0.25, 0.3) is 0 Å². The molecule has 0 aromatic rings. The first-order valence-electron chi connectivity index (χ1n) is 37.8. The molecule has 1 unspecified atom stereocenters. The van der Waals surface area contributed by atoms with Gasteiger partial charge in [-0.25, -0.2) is 0 Å². The molecule has 0 aliphatic heterocycles. The van der Waals surface area contributed by atoms with Crippen LogP contribution >= 0.6 is 0 Å². The molecular formula is C77H146O6. The average Bonchev–Trinajstić information content (AvgIpc) is 3.49. The highest BCUT2D eigenvalue weighted by molar-refractivity contribution is 5.71. The quantitative estimate of drug-likeness (QED) is 0.0261. The molecule has 0 amide bonds. The van der Waals surface area contributed by atoms with Gasteiger partial charge in [0.25, 0.3) is 0 Å². The second kappa shape index (κ2) is 72.4. The zero-order chi connectivity index (χ0) is 59.9. The number of esters is 3.